The third-order valence-corrected chi connectivity index (χ3v) is 4.31. The maximum absolute atomic E-state index is 12.4. The summed E-state index contributed by atoms with van der Waals surface area (Å²) in [6.45, 7) is 2.78. The van der Waals surface area contributed by atoms with Gasteiger partial charge in [0.1, 0.15) is 5.75 Å². The third-order valence-electron chi connectivity index (χ3n) is 4.31. The Morgan fingerprint density at radius 2 is 1.71 bits per heavy atom. The molecule has 0 aliphatic rings. The highest BCUT2D eigenvalue weighted by atomic mass is 16.5. The van der Waals surface area contributed by atoms with Gasteiger partial charge in [-0.2, -0.15) is 0 Å². The van der Waals surface area contributed by atoms with Gasteiger partial charge < -0.3 is 14.6 Å². The largest absolute Gasteiger partial charge is 0.494 e. The van der Waals surface area contributed by atoms with Crippen molar-refractivity contribution in [3.63, 3.8) is 0 Å². The lowest BCUT2D eigenvalue weighted by Crippen LogP contribution is -2.12. The predicted molar refractivity (Wildman–Crippen MR) is 108 cm³/mol. The zero-order chi connectivity index (χ0) is 19.9. The van der Waals surface area contributed by atoms with Crippen LogP contribution in [0.15, 0.2) is 60.9 Å². The zero-order valence-corrected chi connectivity index (χ0v) is 16.0. The number of imidazole rings is 1. The van der Waals surface area contributed by atoms with E-state index in [1.807, 2.05) is 0 Å². The quantitative estimate of drug-likeness (QED) is 0.474. The molecule has 0 unspecified atom stereocenters. The third kappa shape index (κ3) is 4.65. The van der Waals surface area contributed by atoms with Crippen LogP contribution in [-0.2, 0) is 7.05 Å². The zero-order valence-electron chi connectivity index (χ0n) is 16.0. The van der Waals surface area contributed by atoms with Crippen molar-refractivity contribution < 1.29 is 14.3 Å². The summed E-state index contributed by atoms with van der Waals surface area (Å²) in [6.07, 6.45) is 5.39. The first kappa shape index (κ1) is 19.4. The van der Waals surface area contributed by atoms with Gasteiger partial charge in [-0.3, -0.25) is 9.59 Å². The van der Waals surface area contributed by atoms with Crippen molar-refractivity contribution in [1.82, 2.24) is 9.55 Å². The minimum atomic E-state index is -0.219. The molecule has 1 N–H and O–H groups in total. The van der Waals surface area contributed by atoms with Crippen LogP contribution in [-0.4, -0.2) is 27.8 Å². The first-order valence-corrected chi connectivity index (χ1v) is 9.25. The van der Waals surface area contributed by atoms with Gasteiger partial charge in [-0.1, -0.05) is 13.3 Å². The molecule has 0 aliphatic carbocycles. The van der Waals surface area contributed by atoms with Gasteiger partial charge >= 0.3 is 0 Å². The molecule has 0 bridgehead atoms. The molecule has 1 heterocycles. The Labute approximate surface area is 164 Å². The Kier molecular flexibility index (Phi) is 6.22. The number of aryl methyl sites for hydroxylation is 1. The van der Waals surface area contributed by atoms with Crippen molar-refractivity contribution in [1.29, 1.82) is 0 Å². The molecule has 0 fully saturated rings. The Morgan fingerprint density at radius 1 is 1.04 bits per heavy atom. The van der Waals surface area contributed by atoms with Gasteiger partial charge in [-0.25, -0.2) is 4.98 Å². The van der Waals surface area contributed by atoms with Gasteiger partial charge in [0.15, 0.2) is 5.82 Å². The number of rotatable bonds is 8. The van der Waals surface area contributed by atoms with E-state index in [1.54, 1.807) is 72.5 Å². The van der Waals surface area contributed by atoms with Crippen LogP contribution in [0.5, 0.6) is 5.75 Å². The number of benzene rings is 2. The maximum Gasteiger partial charge on any atom is 0.255 e. The van der Waals surface area contributed by atoms with Crippen molar-refractivity contribution in [2.75, 3.05) is 11.9 Å². The molecule has 1 amide bonds. The molecule has 1 aromatic heterocycles. The van der Waals surface area contributed by atoms with Crippen LogP contribution >= 0.6 is 0 Å². The monoisotopic (exact) mass is 377 g/mol. The fourth-order valence-corrected chi connectivity index (χ4v) is 2.66. The number of nitrogens with zero attached hydrogens (tertiary/aromatic N) is 2. The number of carbonyl (C=O) groups excluding carboxylic acids is 2. The van der Waals surface area contributed by atoms with Crippen LogP contribution in [0.2, 0.25) is 0 Å². The van der Waals surface area contributed by atoms with Crippen molar-refractivity contribution in [2.45, 2.75) is 19.8 Å². The number of nitrogens with one attached hydrogen (secondary N) is 1. The van der Waals surface area contributed by atoms with E-state index in [4.69, 9.17) is 4.74 Å². The Balaban J connectivity index is 1.61. The summed E-state index contributed by atoms with van der Waals surface area (Å²) >= 11 is 0. The lowest BCUT2D eigenvalue weighted by atomic mass is 10.1. The predicted octanol–water partition coefficient (Wildman–Crippen LogP) is 4.08. The number of aromatic nitrogens is 2. The van der Waals surface area contributed by atoms with Crippen molar-refractivity contribution in [3.8, 4) is 5.75 Å². The molecule has 3 rings (SSSR count). The maximum atomic E-state index is 12.4. The minimum Gasteiger partial charge on any atom is -0.494 e. The molecule has 6 nitrogen and oxygen atoms in total. The SMILES string of the molecule is CCCCOc1ccc(C(=O)Nc2ccc(C(=O)c3nccn3C)cc2)cc1. The highest BCUT2D eigenvalue weighted by molar-refractivity contribution is 6.07. The number of amides is 1. The number of ether oxygens (including phenoxy) is 1. The second-order valence-electron chi connectivity index (χ2n) is 6.45. The summed E-state index contributed by atoms with van der Waals surface area (Å²) in [6, 6.07) is 13.8. The summed E-state index contributed by atoms with van der Waals surface area (Å²) in [5.74, 6) is 0.743. The minimum absolute atomic E-state index is 0.163. The van der Waals surface area contributed by atoms with Crippen LogP contribution < -0.4 is 10.1 Å². The van der Waals surface area contributed by atoms with Crippen LogP contribution in [0.3, 0.4) is 0 Å². The van der Waals surface area contributed by atoms with E-state index in [0.717, 1.165) is 18.6 Å². The van der Waals surface area contributed by atoms with E-state index < -0.39 is 0 Å². The number of ketones is 1. The van der Waals surface area contributed by atoms with Gasteiger partial charge in [0, 0.05) is 36.3 Å². The van der Waals surface area contributed by atoms with E-state index >= 15 is 0 Å². The van der Waals surface area contributed by atoms with Gasteiger partial charge in [0.2, 0.25) is 5.78 Å². The fraction of sp³-hybridized carbons (Fsp3) is 0.227. The van der Waals surface area contributed by atoms with E-state index in [9.17, 15) is 9.59 Å². The number of hydrogen-bond donors (Lipinski definition) is 1. The second-order valence-corrected chi connectivity index (χ2v) is 6.45. The molecule has 0 aliphatic heterocycles. The van der Waals surface area contributed by atoms with Crippen molar-refractivity contribution in [2.24, 2.45) is 7.05 Å². The molecular weight excluding hydrogens is 354 g/mol. The number of anilines is 1. The topological polar surface area (TPSA) is 73.2 Å². The van der Waals surface area contributed by atoms with E-state index in [1.165, 1.54) is 0 Å². The average molecular weight is 377 g/mol. The lowest BCUT2D eigenvalue weighted by Gasteiger charge is -2.08. The first-order valence-electron chi connectivity index (χ1n) is 9.25. The summed E-state index contributed by atoms with van der Waals surface area (Å²) < 4.78 is 7.28. The summed E-state index contributed by atoms with van der Waals surface area (Å²) in [5, 5.41) is 2.83. The Bertz CT molecular complexity index is 944. The Morgan fingerprint density at radius 3 is 2.32 bits per heavy atom. The van der Waals surface area contributed by atoms with Crippen LogP contribution in [0, 0.1) is 0 Å². The van der Waals surface area contributed by atoms with Gasteiger partial charge in [0.05, 0.1) is 6.61 Å². The fourth-order valence-electron chi connectivity index (χ4n) is 2.66. The average Bonchev–Trinajstić information content (AvgIpc) is 3.14. The molecule has 0 atom stereocenters. The van der Waals surface area contributed by atoms with E-state index in [0.29, 0.717) is 29.2 Å². The van der Waals surface area contributed by atoms with E-state index in [2.05, 4.69) is 17.2 Å². The van der Waals surface area contributed by atoms with Crippen molar-refractivity contribution in [3.05, 3.63) is 77.9 Å². The van der Waals surface area contributed by atoms with E-state index in [-0.39, 0.29) is 11.7 Å². The standard InChI is InChI=1S/C22H23N3O3/c1-3-4-15-28-19-11-7-17(8-12-19)22(27)24-18-9-5-16(6-10-18)20(26)21-23-13-14-25(21)2/h5-14H,3-4,15H2,1-2H3,(H,24,27). The lowest BCUT2D eigenvalue weighted by molar-refractivity contribution is 0.102. The highest BCUT2D eigenvalue weighted by Gasteiger charge is 2.14. The number of unbranched alkanes of at least 4 members (excludes halogenated alkanes) is 1. The molecule has 0 spiro atoms. The number of hydrogen-bond acceptors (Lipinski definition) is 4. The smallest absolute Gasteiger partial charge is 0.255 e. The molecule has 6 heteroatoms. The number of carbonyl (C=O) groups is 2. The first-order chi connectivity index (χ1) is 13.6. The molecule has 2 aromatic carbocycles. The van der Waals surface area contributed by atoms with Crippen LogP contribution in [0.25, 0.3) is 0 Å². The molecule has 0 radical (unpaired) electrons. The van der Waals surface area contributed by atoms with Crippen LogP contribution in [0.1, 0.15) is 46.3 Å². The normalized spacial score (nSPS) is 10.5. The molecule has 28 heavy (non-hydrogen) atoms. The van der Waals surface area contributed by atoms with Gasteiger partial charge in [0.25, 0.3) is 5.91 Å². The molecular formula is C22H23N3O3. The summed E-state index contributed by atoms with van der Waals surface area (Å²) in [4.78, 5) is 28.9. The van der Waals surface area contributed by atoms with Crippen LogP contribution in [0.4, 0.5) is 5.69 Å². The van der Waals surface area contributed by atoms with Gasteiger partial charge in [-0.05, 0) is 55.0 Å². The molecule has 144 valence electrons. The summed E-state index contributed by atoms with van der Waals surface area (Å²) in [7, 11) is 1.77. The Hall–Kier alpha value is -3.41. The van der Waals surface area contributed by atoms with Crippen molar-refractivity contribution >= 4 is 17.4 Å². The molecule has 3 aromatic rings. The second kappa shape index (κ2) is 8.99. The summed E-state index contributed by atoms with van der Waals surface area (Å²) in [5.41, 5.74) is 1.67. The highest BCUT2D eigenvalue weighted by Crippen LogP contribution is 2.16. The van der Waals surface area contributed by atoms with Gasteiger partial charge in [-0.15, -0.1) is 0 Å². The molecule has 0 saturated carbocycles. The molecule has 0 saturated heterocycles.